The van der Waals surface area contributed by atoms with E-state index in [0.717, 1.165) is 0 Å². The highest BCUT2D eigenvalue weighted by Crippen LogP contribution is 2.31. The highest BCUT2D eigenvalue weighted by Gasteiger charge is 2.30. The lowest BCUT2D eigenvalue weighted by Gasteiger charge is -2.18. The van der Waals surface area contributed by atoms with Gasteiger partial charge in [0.1, 0.15) is 5.75 Å². The van der Waals surface area contributed by atoms with Crippen LogP contribution in [-0.2, 0) is 10.0 Å². The Labute approximate surface area is 129 Å². The molecule has 8 heteroatoms. The fourth-order valence-corrected chi connectivity index (χ4v) is 3.27. The number of ether oxygens (including phenoxy) is 1. The van der Waals surface area contributed by atoms with E-state index in [9.17, 15) is 17.2 Å². The first-order valence-electron chi connectivity index (χ1n) is 6.80. The Morgan fingerprint density at radius 3 is 2.41 bits per heavy atom. The Bertz CT molecular complexity index is 631. The third kappa shape index (κ3) is 4.37. The van der Waals surface area contributed by atoms with Crippen LogP contribution in [0.1, 0.15) is 30.9 Å². The van der Waals surface area contributed by atoms with Crippen LogP contribution in [-0.4, -0.2) is 34.5 Å². The molecule has 0 bridgehead atoms. The van der Waals surface area contributed by atoms with Crippen molar-refractivity contribution in [2.45, 2.75) is 37.5 Å². The van der Waals surface area contributed by atoms with E-state index in [1.807, 2.05) is 18.6 Å². The van der Waals surface area contributed by atoms with Gasteiger partial charge in [0.25, 0.3) is 5.92 Å². The van der Waals surface area contributed by atoms with Crippen LogP contribution in [0.15, 0.2) is 17.0 Å². The minimum atomic E-state index is -4.06. The van der Waals surface area contributed by atoms with Gasteiger partial charge in [0.05, 0.1) is 25.1 Å². The Morgan fingerprint density at radius 1 is 1.36 bits per heavy atom. The molecule has 0 saturated heterocycles. The average Bonchev–Trinajstić information content (AvgIpc) is 2.44. The van der Waals surface area contributed by atoms with Crippen molar-refractivity contribution in [3.8, 4) is 5.75 Å². The molecule has 0 fully saturated rings. The molecule has 0 spiro atoms. The van der Waals surface area contributed by atoms with Crippen molar-refractivity contribution >= 4 is 10.0 Å². The lowest BCUT2D eigenvalue weighted by atomic mass is 10.0. The van der Waals surface area contributed by atoms with Crippen LogP contribution in [0.2, 0.25) is 0 Å². The van der Waals surface area contributed by atoms with Crippen LogP contribution in [0, 0.1) is 6.92 Å². The Kier molecular flexibility index (Phi) is 5.89. The smallest absolute Gasteiger partial charge is 0.273 e. The van der Waals surface area contributed by atoms with Crippen molar-refractivity contribution in [1.29, 1.82) is 0 Å². The van der Waals surface area contributed by atoms with Crippen molar-refractivity contribution in [2.24, 2.45) is 5.73 Å². The number of methoxy groups -OCH3 is 1. The van der Waals surface area contributed by atoms with E-state index >= 15 is 0 Å². The van der Waals surface area contributed by atoms with Gasteiger partial charge in [0.15, 0.2) is 0 Å². The fourth-order valence-electron chi connectivity index (χ4n) is 1.95. The maximum absolute atomic E-state index is 13.2. The zero-order chi connectivity index (χ0) is 17.1. The lowest BCUT2D eigenvalue weighted by Crippen LogP contribution is -2.41. The minimum absolute atomic E-state index is 0.0231. The van der Waals surface area contributed by atoms with E-state index in [2.05, 4.69) is 0 Å². The van der Waals surface area contributed by atoms with Crippen molar-refractivity contribution < 1.29 is 21.9 Å². The van der Waals surface area contributed by atoms with Crippen molar-refractivity contribution in [2.75, 3.05) is 20.2 Å². The first kappa shape index (κ1) is 18.8. The molecule has 0 unspecified atom stereocenters. The van der Waals surface area contributed by atoms with Crippen LogP contribution in [0.3, 0.4) is 0 Å². The van der Waals surface area contributed by atoms with Crippen LogP contribution in [0.5, 0.6) is 5.75 Å². The monoisotopic (exact) mass is 336 g/mol. The number of hydrogen-bond donors (Lipinski definition) is 2. The number of alkyl halides is 2. The Balaban J connectivity index is 3.22. The van der Waals surface area contributed by atoms with Gasteiger partial charge in [-0.2, -0.15) is 0 Å². The molecule has 22 heavy (non-hydrogen) atoms. The van der Waals surface area contributed by atoms with Gasteiger partial charge in [0.2, 0.25) is 10.0 Å². The molecule has 0 amide bonds. The molecule has 0 radical (unpaired) electrons. The molecule has 1 rings (SSSR count). The second kappa shape index (κ2) is 6.89. The largest absolute Gasteiger partial charge is 0.496 e. The van der Waals surface area contributed by atoms with Crippen LogP contribution in [0.25, 0.3) is 0 Å². The SMILES string of the molecule is COc1cc(C)c(S(=O)(=O)NCC(F)(F)CN)cc1C(C)C. The fraction of sp³-hybridized carbons (Fsp3) is 0.571. The Hall–Kier alpha value is -1.25. The van der Waals surface area contributed by atoms with Crippen molar-refractivity contribution in [3.05, 3.63) is 23.3 Å². The summed E-state index contributed by atoms with van der Waals surface area (Å²) in [6.45, 7) is 3.41. The van der Waals surface area contributed by atoms with Crippen molar-refractivity contribution in [1.82, 2.24) is 4.72 Å². The van der Waals surface area contributed by atoms with E-state index in [1.54, 1.807) is 13.0 Å². The summed E-state index contributed by atoms with van der Waals surface area (Å²) in [4.78, 5) is -0.0372. The van der Waals surface area contributed by atoms with E-state index < -0.39 is 29.0 Å². The second-order valence-corrected chi connectivity index (χ2v) is 7.13. The molecule has 0 atom stereocenters. The summed E-state index contributed by atoms with van der Waals surface area (Å²) >= 11 is 0. The molecule has 1 aromatic carbocycles. The van der Waals surface area contributed by atoms with Crippen molar-refractivity contribution in [3.63, 3.8) is 0 Å². The number of nitrogens with two attached hydrogens (primary N) is 1. The maximum atomic E-state index is 13.2. The zero-order valence-corrected chi connectivity index (χ0v) is 13.9. The second-order valence-electron chi connectivity index (χ2n) is 5.40. The van der Waals surface area contributed by atoms with E-state index in [1.165, 1.54) is 13.2 Å². The molecular weight excluding hydrogens is 314 g/mol. The van der Waals surface area contributed by atoms with Crippen LogP contribution in [0.4, 0.5) is 8.78 Å². The molecular formula is C14H22F2N2O3S. The Morgan fingerprint density at radius 2 is 1.95 bits per heavy atom. The third-order valence-electron chi connectivity index (χ3n) is 3.26. The molecule has 0 saturated carbocycles. The topological polar surface area (TPSA) is 81.4 Å². The molecule has 0 aliphatic rings. The quantitative estimate of drug-likeness (QED) is 0.798. The number of halogens is 2. The lowest BCUT2D eigenvalue weighted by molar-refractivity contribution is 0.0170. The van der Waals surface area contributed by atoms with Gasteiger partial charge >= 0.3 is 0 Å². The first-order valence-corrected chi connectivity index (χ1v) is 8.28. The highest BCUT2D eigenvalue weighted by atomic mass is 32.2. The number of hydrogen-bond acceptors (Lipinski definition) is 4. The maximum Gasteiger partial charge on any atom is 0.273 e. The summed E-state index contributed by atoms with van der Waals surface area (Å²) in [6.07, 6.45) is 0. The van der Waals surface area contributed by atoms with Gasteiger partial charge in [-0.15, -0.1) is 0 Å². The van der Waals surface area contributed by atoms with E-state index in [0.29, 0.717) is 16.9 Å². The average molecular weight is 336 g/mol. The summed E-state index contributed by atoms with van der Waals surface area (Å²) in [5.74, 6) is -2.69. The number of nitrogens with one attached hydrogen (secondary N) is 1. The van der Waals surface area contributed by atoms with Gasteiger partial charge in [0, 0.05) is 0 Å². The minimum Gasteiger partial charge on any atom is -0.496 e. The number of aryl methyl sites for hydroxylation is 1. The molecule has 0 aromatic heterocycles. The summed E-state index contributed by atoms with van der Waals surface area (Å²) in [7, 11) is -2.56. The normalized spacial score (nSPS) is 12.7. The van der Waals surface area contributed by atoms with Gasteiger partial charge in [-0.05, 0) is 36.1 Å². The van der Waals surface area contributed by atoms with Gasteiger partial charge < -0.3 is 10.5 Å². The van der Waals surface area contributed by atoms with Gasteiger partial charge in [-0.1, -0.05) is 13.8 Å². The van der Waals surface area contributed by atoms with Gasteiger partial charge in [-0.25, -0.2) is 21.9 Å². The number of sulfonamides is 1. The van der Waals surface area contributed by atoms with E-state index in [4.69, 9.17) is 10.5 Å². The summed E-state index contributed by atoms with van der Waals surface area (Å²) < 4.78 is 58.0. The molecule has 0 aliphatic heterocycles. The van der Waals surface area contributed by atoms with Gasteiger partial charge in [-0.3, -0.25) is 0 Å². The highest BCUT2D eigenvalue weighted by molar-refractivity contribution is 7.89. The third-order valence-corrected chi connectivity index (χ3v) is 4.80. The summed E-state index contributed by atoms with van der Waals surface area (Å²) in [5.41, 5.74) is 6.02. The standard InChI is InChI=1S/C14H22F2N2O3S/c1-9(2)11-6-13(10(3)5-12(11)21-4)22(19,20)18-8-14(15,16)7-17/h5-6,9,18H,7-8,17H2,1-4H3. The summed E-state index contributed by atoms with van der Waals surface area (Å²) in [6, 6.07) is 3.05. The zero-order valence-electron chi connectivity index (χ0n) is 13.1. The van der Waals surface area contributed by atoms with E-state index in [-0.39, 0.29) is 10.8 Å². The van der Waals surface area contributed by atoms with Crippen LogP contribution >= 0.6 is 0 Å². The molecule has 5 nitrogen and oxygen atoms in total. The number of rotatable bonds is 7. The van der Waals surface area contributed by atoms with Crippen LogP contribution < -0.4 is 15.2 Å². The summed E-state index contributed by atoms with van der Waals surface area (Å²) in [5, 5.41) is 0. The molecule has 0 heterocycles. The first-order chi connectivity index (χ1) is 10.0. The number of benzene rings is 1. The molecule has 3 N–H and O–H groups in total. The molecule has 0 aliphatic carbocycles. The molecule has 126 valence electrons. The predicted octanol–water partition coefficient (Wildman–Crippen LogP) is 2.00. The molecule has 1 aromatic rings. The predicted molar refractivity (Wildman–Crippen MR) is 81.0 cm³/mol.